The second-order valence-corrected chi connectivity index (χ2v) is 7.14. The molecule has 0 bridgehead atoms. The minimum Gasteiger partial charge on any atom is -0.394 e. The molecule has 0 saturated carbocycles. The highest BCUT2D eigenvalue weighted by molar-refractivity contribution is 7.80. The molecule has 30 heavy (non-hydrogen) atoms. The van der Waals surface area contributed by atoms with E-state index in [2.05, 4.69) is 10.6 Å². The molecule has 0 aromatic carbocycles. The maximum Gasteiger partial charge on any atom is 0.288 e. The van der Waals surface area contributed by atoms with E-state index in [9.17, 15) is 19.8 Å². The summed E-state index contributed by atoms with van der Waals surface area (Å²) < 4.78 is 5.18. The Kier molecular flexibility index (Phi) is 9.50. The smallest absolute Gasteiger partial charge is 0.288 e. The number of hydrogen-bond donors (Lipinski definition) is 9. The monoisotopic (exact) mass is 448 g/mol. The topological polar surface area (TPSA) is 237 Å². The van der Waals surface area contributed by atoms with Crippen molar-refractivity contribution in [3.05, 3.63) is 11.4 Å². The van der Waals surface area contributed by atoms with E-state index in [0.29, 0.717) is 11.6 Å². The van der Waals surface area contributed by atoms with Crippen LogP contribution in [0.3, 0.4) is 0 Å². The third-order valence-corrected chi connectivity index (χ3v) is 4.18. The van der Waals surface area contributed by atoms with Crippen molar-refractivity contribution < 1.29 is 29.6 Å². The quantitative estimate of drug-likeness (QED) is 0.0323. The van der Waals surface area contributed by atoms with Crippen LogP contribution in [0.25, 0.3) is 0 Å². The number of amides is 2. The molecule has 12 N–H and O–H groups in total. The molecule has 1 rings (SSSR count). The van der Waals surface area contributed by atoms with Crippen molar-refractivity contribution in [1.29, 1.82) is 5.41 Å². The van der Waals surface area contributed by atoms with E-state index in [0.717, 1.165) is 0 Å². The van der Waals surface area contributed by atoms with Gasteiger partial charge in [-0.2, -0.15) is 0 Å². The number of carbonyl (C=O) groups is 2. The van der Waals surface area contributed by atoms with E-state index in [4.69, 9.17) is 44.8 Å². The summed E-state index contributed by atoms with van der Waals surface area (Å²) in [4.78, 5) is 26.5. The molecule has 4 atom stereocenters. The first-order chi connectivity index (χ1) is 13.9. The minimum atomic E-state index is -1.63. The standard InChI is InChI=1S/C15H28N8O6S/c1-22(2)4-3-7(25)20-12(17)8(16)9(21-15(18)30)13(28)23(19)14-11(27)10(26)6(5-24)29-14/h6,10-11,14,24,26-27H,3-5,16,19H2,1-2H3,(H2,17,20,25)(H3,18,21,30)/b9-8+. The minimum absolute atomic E-state index is 0.0697. The fourth-order valence-corrected chi connectivity index (χ4v) is 2.54. The van der Waals surface area contributed by atoms with E-state index in [-0.39, 0.29) is 11.5 Å². The Labute approximate surface area is 178 Å². The van der Waals surface area contributed by atoms with E-state index in [1.807, 2.05) is 0 Å². The molecule has 4 unspecified atom stereocenters. The number of hydrogen-bond acceptors (Lipinski definition) is 11. The van der Waals surface area contributed by atoms with E-state index in [1.165, 1.54) is 0 Å². The van der Waals surface area contributed by atoms with Crippen LogP contribution in [0.4, 0.5) is 0 Å². The molecular weight excluding hydrogens is 420 g/mol. The maximum absolute atomic E-state index is 12.8. The van der Waals surface area contributed by atoms with Crippen LogP contribution in [-0.2, 0) is 14.3 Å². The van der Waals surface area contributed by atoms with Crippen LogP contribution >= 0.6 is 12.2 Å². The Balaban J connectivity index is 3.05. The summed E-state index contributed by atoms with van der Waals surface area (Å²) in [5, 5.41) is 41.5. The van der Waals surface area contributed by atoms with Gasteiger partial charge < -0.3 is 47.1 Å². The largest absolute Gasteiger partial charge is 0.394 e. The van der Waals surface area contributed by atoms with Gasteiger partial charge in [0, 0.05) is 13.0 Å². The number of nitrogens with two attached hydrogens (primary N) is 3. The molecule has 15 heteroatoms. The highest BCUT2D eigenvalue weighted by Crippen LogP contribution is 2.23. The zero-order valence-corrected chi connectivity index (χ0v) is 17.3. The van der Waals surface area contributed by atoms with Crippen LogP contribution in [0.2, 0.25) is 0 Å². The average molecular weight is 449 g/mol. The van der Waals surface area contributed by atoms with Gasteiger partial charge in [0.2, 0.25) is 5.91 Å². The number of thiocarbonyl (C=S) groups is 1. The van der Waals surface area contributed by atoms with Crippen LogP contribution in [-0.4, -0.2) is 99.8 Å². The van der Waals surface area contributed by atoms with Gasteiger partial charge >= 0.3 is 0 Å². The predicted molar refractivity (Wildman–Crippen MR) is 109 cm³/mol. The first kappa shape index (κ1) is 25.6. The zero-order chi connectivity index (χ0) is 23.2. The number of rotatable bonds is 8. The summed E-state index contributed by atoms with van der Waals surface area (Å²) in [6, 6.07) is 0. The van der Waals surface area contributed by atoms with Crippen LogP contribution in [0.1, 0.15) is 6.42 Å². The van der Waals surface area contributed by atoms with Gasteiger partial charge in [0.15, 0.2) is 17.2 Å². The summed E-state index contributed by atoms with van der Waals surface area (Å²) in [5.41, 5.74) is 10.1. The Morgan fingerprint density at radius 2 is 1.80 bits per heavy atom. The number of carbonyl (C=O) groups excluding carboxylic acids is 2. The number of amidine groups is 1. The summed E-state index contributed by atoms with van der Waals surface area (Å²) in [5.74, 6) is 3.48. The van der Waals surface area contributed by atoms with E-state index >= 15 is 0 Å². The first-order valence-electron chi connectivity index (χ1n) is 8.71. The molecule has 0 spiro atoms. The van der Waals surface area contributed by atoms with Gasteiger partial charge in [-0.3, -0.25) is 15.0 Å². The second-order valence-electron chi connectivity index (χ2n) is 6.70. The SMILES string of the molecule is CN(C)CCC(=O)NC(=N)/C(N)=C(\NC(N)=S)C(=O)N(N)C1OC(CO)C(O)C1O. The number of hydrazine groups is 1. The fourth-order valence-electron chi connectivity index (χ4n) is 2.43. The average Bonchev–Trinajstić information content (AvgIpc) is 2.96. The molecule has 2 amide bonds. The number of aliphatic hydroxyl groups is 3. The lowest BCUT2D eigenvalue weighted by Crippen LogP contribution is -2.54. The van der Waals surface area contributed by atoms with Crippen molar-refractivity contribution in [2.75, 3.05) is 27.2 Å². The Bertz CT molecular complexity index is 717. The molecule has 1 heterocycles. The molecule has 0 aliphatic carbocycles. The second kappa shape index (κ2) is 11.1. The number of nitrogens with zero attached hydrogens (tertiary/aromatic N) is 2. The van der Waals surface area contributed by atoms with Gasteiger partial charge in [0.25, 0.3) is 5.91 Å². The summed E-state index contributed by atoms with van der Waals surface area (Å²) >= 11 is 4.70. The van der Waals surface area contributed by atoms with Crippen LogP contribution in [0.15, 0.2) is 11.4 Å². The molecule has 0 aromatic rings. The van der Waals surface area contributed by atoms with Gasteiger partial charge in [0.1, 0.15) is 29.7 Å². The van der Waals surface area contributed by atoms with Crippen molar-refractivity contribution in [3.8, 4) is 0 Å². The van der Waals surface area contributed by atoms with Crippen molar-refractivity contribution in [2.45, 2.75) is 31.0 Å². The molecule has 170 valence electrons. The zero-order valence-electron chi connectivity index (χ0n) is 16.5. The Morgan fingerprint density at radius 3 is 2.27 bits per heavy atom. The van der Waals surface area contributed by atoms with E-state index < -0.39 is 60.2 Å². The fraction of sp³-hybridized carbons (Fsp3) is 0.600. The van der Waals surface area contributed by atoms with Crippen molar-refractivity contribution >= 4 is 35.0 Å². The third-order valence-electron chi connectivity index (χ3n) is 4.08. The Hall–Kier alpha value is -2.40. The lowest BCUT2D eigenvalue weighted by Gasteiger charge is -2.27. The number of aliphatic hydroxyl groups excluding tert-OH is 3. The molecule has 1 aliphatic rings. The lowest BCUT2D eigenvalue weighted by molar-refractivity contribution is -0.150. The number of nitrogens with one attached hydrogen (secondary N) is 3. The van der Waals surface area contributed by atoms with Gasteiger partial charge in [-0.05, 0) is 26.3 Å². The van der Waals surface area contributed by atoms with Crippen LogP contribution in [0, 0.1) is 5.41 Å². The lowest BCUT2D eigenvalue weighted by atomic mass is 10.1. The molecule has 1 fully saturated rings. The predicted octanol–water partition coefficient (Wildman–Crippen LogP) is -4.82. The summed E-state index contributed by atoms with van der Waals surface area (Å²) in [7, 11) is 3.53. The highest BCUT2D eigenvalue weighted by Gasteiger charge is 2.46. The van der Waals surface area contributed by atoms with Gasteiger partial charge in [-0.25, -0.2) is 10.9 Å². The Morgan fingerprint density at radius 1 is 1.20 bits per heavy atom. The number of ether oxygens (including phenoxy) is 1. The van der Waals surface area contributed by atoms with Gasteiger partial charge in [-0.1, -0.05) is 0 Å². The molecule has 0 aromatic heterocycles. The first-order valence-corrected chi connectivity index (χ1v) is 9.11. The summed E-state index contributed by atoms with van der Waals surface area (Å²) in [6.45, 7) is -0.210. The van der Waals surface area contributed by atoms with Crippen LogP contribution in [0.5, 0.6) is 0 Å². The normalized spacial score (nSPS) is 24.2. The third kappa shape index (κ3) is 6.56. The van der Waals surface area contributed by atoms with Gasteiger partial charge in [-0.15, -0.1) is 0 Å². The molecule has 1 saturated heterocycles. The van der Waals surface area contributed by atoms with Crippen molar-refractivity contribution in [3.63, 3.8) is 0 Å². The highest BCUT2D eigenvalue weighted by atomic mass is 32.1. The van der Waals surface area contributed by atoms with E-state index in [1.54, 1.807) is 19.0 Å². The molecular formula is C15H28N8O6S. The van der Waals surface area contributed by atoms with Crippen molar-refractivity contribution in [1.82, 2.24) is 20.5 Å². The summed E-state index contributed by atoms with van der Waals surface area (Å²) in [6.07, 6.45) is -5.77. The molecule has 1 aliphatic heterocycles. The van der Waals surface area contributed by atoms with Crippen LogP contribution < -0.4 is 27.9 Å². The van der Waals surface area contributed by atoms with Gasteiger partial charge in [0.05, 0.1) is 6.61 Å². The van der Waals surface area contributed by atoms with Crippen molar-refractivity contribution in [2.24, 2.45) is 17.3 Å². The molecule has 0 radical (unpaired) electrons. The molecule has 14 nitrogen and oxygen atoms in total. The maximum atomic E-state index is 12.8.